The van der Waals surface area contributed by atoms with Gasteiger partial charge in [-0.15, -0.1) is 0 Å². The Morgan fingerprint density at radius 3 is 2.97 bits per heavy atom. The number of hydrogen-bond donors (Lipinski definition) is 2. The molecular formula is C23H25ClF2N6O2. The molecule has 180 valence electrons. The number of benzene rings is 1. The summed E-state index contributed by atoms with van der Waals surface area (Å²) in [7, 11) is 1.58. The van der Waals surface area contributed by atoms with Gasteiger partial charge >= 0.3 is 0 Å². The van der Waals surface area contributed by atoms with E-state index in [1.54, 1.807) is 31.4 Å². The first-order valence-corrected chi connectivity index (χ1v) is 11.6. The zero-order valence-electron chi connectivity index (χ0n) is 18.9. The predicted octanol–water partition coefficient (Wildman–Crippen LogP) is 4.40. The molecule has 5 rings (SSSR count). The molecule has 3 aromatic rings. The zero-order chi connectivity index (χ0) is 24.0. The normalized spacial score (nSPS) is 19.7. The lowest BCUT2D eigenvalue weighted by atomic mass is 10.0. The quantitative estimate of drug-likeness (QED) is 0.563. The second kappa shape index (κ2) is 8.57. The zero-order valence-corrected chi connectivity index (χ0v) is 19.6. The molecule has 0 amide bonds. The van der Waals surface area contributed by atoms with Crippen molar-refractivity contribution < 1.29 is 13.5 Å². The molecule has 0 spiro atoms. The highest BCUT2D eigenvalue weighted by molar-refractivity contribution is 6.32. The van der Waals surface area contributed by atoms with Crippen LogP contribution in [0.25, 0.3) is 10.9 Å². The molecule has 2 aliphatic rings. The van der Waals surface area contributed by atoms with E-state index in [1.807, 2.05) is 0 Å². The maximum absolute atomic E-state index is 13.9. The molecule has 2 N–H and O–H groups in total. The highest BCUT2D eigenvalue weighted by atomic mass is 35.5. The van der Waals surface area contributed by atoms with Crippen molar-refractivity contribution in [1.82, 2.24) is 14.5 Å². The Labute approximate surface area is 199 Å². The molecule has 0 aliphatic carbocycles. The lowest BCUT2D eigenvalue weighted by Crippen LogP contribution is -2.35. The fourth-order valence-electron chi connectivity index (χ4n) is 4.46. The molecule has 0 bridgehead atoms. The summed E-state index contributed by atoms with van der Waals surface area (Å²) in [5, 5.41) is 6.85. The van der Waals surface area contributed by atoms with Crippen molar-refractivity contribution in [1.29, 1.82) is 0 Å². The van der Waals surface area contributed by atoms with E-state index in [1.165, 1.54) is 11.0 Å². The van der Waals surface area contributed by atoms with E-state index in [4.69, 9.17) is 16.3 Å². The summed E-state index contributed by atoms with van der Waals surface area (Å²) in [4.78, 5) is 23.9. The van der Waals surface area contributed by atoms with E-state index in [9.17, 15) is 13.6 Å². The topological polar surface area (TPSA) is 84.3 Å². The number of alkyl halides is 2. The molecule has 8 nitrogen and oxygen atoms in total. The van der Waals surface area contributed by atoms with Gasteiger partial charge in [0.1, 0.15) is 5.02 Å². The summed E-state index contributed by atoms with van der Waals surface area (Å²) in [5.41, 5.74) is 0.973. The number of fused-ring (bicyclic) bond motifs is 3. The molecule has 0 radical (unpaired) electrons. The minimum atomic E-state index is -3.09. The molecule has 34 heavy (non-hydrogen) atoms. The average Bonchev–Trinajstić information content (AvgIpc) is 2.97. The Morgan fingerprint density at radius 1 is 1.35 bits per heavy atom. The third kappa shape index (κ3) is 4.22. The summed E-state index contributed by atoms with van der Waals surface area (Å²) < 4.78 is 34.5. The number of ether oxygens (including phenoxy) is 1. The maximum atomic E-state index is 13.9. The third-order valence-corrected chi connectivity index (χ3v) is 6.52. The lowest BCUT2D eigenvalue weighted by molar-refractivity contribution is -0.0251. The molecule has 2 aromatic heterocycles. The average molecular weight is 491 g/mol. The largest absolute Gasteiger partial charge is 0.480 e. The number of nitrogens with one attached hydrogen (secondary N) is 2. The third-order valence-electron chi connectivity index (χ3n) is 6.24. The van der Waals surface area contributed by atoms with Crippen LogP contribution in [-0.4, -0.2) is 46.7 Å². The minimum absolute atomic E-state index is 0.120. The van der Waals surface area contributed by atoms with Crippen LogP contribution in [0.15, 0.2) is 29.2 Å². The number of rotatable bonds is 3. The number of hydrogen-bond acceptors (Lipinski definition) is 7. The van der Waals surface area contributed by atoms with Crippen molar-refractivity contribution in [3.05, 3.63) is 39.8 Å². The molecule has 0 saturated carbocycles. The van der Waals surface area contributed by atoms with Crippen LogP contribution < -0.4 is 25.8 Å². The van der Waals surface area contributed by atoms with E-state index in [-0.39, 0.29) is 11.4 Å². The van der Waals surface area contributed by atoms with Crippen LogP contribution in [0.2, 0.25) is 5.02 Å². The van der Waals surface area contributed by atoms with Gasteiger partial charge in [-0.1, -0.05) is 18.5 Å². The van der Waals surface area contributed by atoms with Gasteiger partial charge in [-0.2, -0.15) is 4.98 Å². The van der Waals surface area contributed by atoms with Crippen LogP contribution >= 0.6 is 11.6 Å². The Morgan fingerprint density at radius 2 is 2.18 bits per heavy atom. The smallest absolute Gasteiger partial charge is 0.298 e. The summed E-state index contributed by atoms with van der Waals surface area (Å²) >= 11 is 6.38. The van der Waals surface area contributed by atoms with Crippen molar-refractivity contribution in [3.63, 3.8) is 0 Å². The molecule has 1 aromatic carbocycles. The number of nitrogens with zero attached hydrogens (tertiary/aromatic N) is 4. The Bertz CT molecular complexity index is 1310. The van der Waals surface area contributed by atoms with Gasteiger partial charge in [-0.25, -0.2) is 13.8 Å². The van der Waals surface area contributed by atoms with Crippen molar-refractivity contribution in [2.45, 2.75) is 25.7 Å². The summed E-state index contributed by atoms with van der Waals surface area (Å²) in [6.45, 7) is 2.49. The van der Waals surface area contributed by atoms with Gasteiger partial charge < -0.3 is 24.8 Å². The standard InChI is InChI=1S/C23H25ClF2N6O2/c1-13-4-3-7-32(10-13)22-27-9-16(24)20(30-22)29-14-5-6-17-15(8-14)18-19(21(33)31(17)2)34-12-23(25,26)11-28-18/h5-6,8-9,13,28H,3-4,7,10-12H2,1-2H3,(H,27,29,30). The molecule has 1 saturated heterocycles. The van der Waals surface area contributed by atoms with E-state index in [2.05, 4.69) is 32.4 Å². The molecular weight excluding hydrogens is 466 g/mol. The van der Waals surface area contributed by atoms with Gasteiger partial charge in [-0.05, 0) is 37.0 Å². The monoisotopic (exact) mass is 490 g/mol. The molecule has 1 fully saturated rings. The fourth-order valence-corrected chi connectivity index (χ4v) is 4.60. The van der Waals surface area contributed by atoms with Gasteiger partial charge in [-0.3, -0.25) is 4.79 Å². The first-order chi connectivity index (χ1) is 16.2. The number of aromatic nitrogens is 3. The highest BCUT2D eigenvalue weighted by Crippen LogP contribution is 2.36. The Balaban J connectivity index is 1.52. The predicted molar refractivity (Wildman–Crippen MR) is 129 cm³/mol. The second-order valence-electron chi connectivity index (χ2n) is 8.98. The van der Waals surface area contributed by atoms with E-state index >= 15 is 0 Å². The van der Waals surface area contributed by atoms with Crippen molar-refractivity contribution >= 4 is 45.6 Å². The van der Waals surface area contributed by atoms with Crippen LogP contribution in [0.5, 0.6) is 5.75 Å². The van der Waals surface area contributed by atoms with Crippen molar-refractivity contribution in [2.75, 3.05) is 41.8 Å². The van der Waals surface area contributed by atoms with Crippen LogP contribution in [0, 0.1) is 5.92 Å². The number of aryl methyl sites for hydroxylation is 1. The van der Waals surface area contributed by atoms with Crippen molar-refractivity contribution in [3.8, 4) is 5.75 Å². The number of anilines is 4. The Kier molecular flexibility index (Phi) is 5.71. The van der Waals surface area contributed by atoms with E-state index in [0.29, 0.717) is 39.3 Å². The van der Waals surface area contributed by atoms with Gasteiger partial charge in [0, 0.05) is 31.2 Å². The lowest BCUT2D eigenvalue weighted by Gasteiger charge is -2.31. The van der Waals surface area contributed by atoms with Crippen LogP contribution in [0.4, 0.5) is 31.9 Å². The number of halogens is 3. The summed E-state index contributed by atoms with van der Waals surface area (Å²) in [6.07, 6.45) is 3.83. The first kappa shape index (κ1) is 22.6. The number of pyridine rings is 1. The first-order valence-electron chi connectivity index (χ1n) is 11.2. The summed E-state index contributed by atoms with van der Waals surface area (Å²) in [6, 6.07) is 5.28. The second-order valence-corrected chi connectivity index (χ2v) is 9.39. The summed E-state index contributed by atoms with van der Waals surface area (Å²) in [5.74, 6) is -1.60. The molecule has 1 unspecified atom stereocenters. The molecule has 2 aliphatic heterocycles. The van der Waals surface area contributed by atoms with Crippen LogP contribution in [0.3, 0.4) is 0 Å². The Hall–Kier alpha value is -3.14. The van der Waals surface area contributed by atoms with Gasteiger partial charge in [0.2, 0.25) is 11.7 Å². The highest BCUT2D eigenvalue weighted by Gasteiger charge is 2.35. The molecule has 11 heteroatoms. The minimum Gasteiger partial charge on any atom is -0.480 e. The van der Waals surface area contributed by atoms with E-state index < -0.39 is 24.6 Å². The van der Waals surface area contributed by atoms with Crippen molar-refractivity contribution in [2.24, 2.45) is 13.0 Å². The molecule has 4 heterocycles. The van der Waals surface area contributed by atoms with Gasteiger partial charge in [0.25, 0.3) is 11.5 Å². The maximum Gasteiger partial charge on any atom is 0.298 e. The van der Waals surface area contributed by atoms with Gasteiger partial charge in [0.15, 0.2) is 12.4 Å². The van der Waals surface area contributed by atoms with Crippen LogP contribution in [0.1, 0.15) is 19.8 Å². The molecule has 1 atom stereocenters. The SMILES string of the molecule is CC1CCCN(c2ncc(Cl)c(Nc3ccc4c(c3)c3c(c(=O)n4C)OCC(F)(F)CN3)n2)C1. The number of piperidine rings is 1. The van der Waals surface area contributed by atoms with Crippen LogP contribution in [-0.2, 0) is 7.05 Å². The van der Waals surface area contributed by atoms with E-state index in [0.717, 1.165) is 19.5 Å². The van der Waals surface area contributed by atoms with Gasteiger partial charge in [0.05, 0.1) is 23.9 Å². The fraction of sp³-hybridized carbons (Fsp3) is 0.435.